The van der Waals surface area contributed by atoms with Crippen molar-refractivity contribution in [1.82, 2.24) is 0 Å². The first-order chi connectivity index (χ1) is 5.31. The topological polar surface area (TPSA) is 32.8 Å². The zero-order valence-corrected chi connectivity index (χ0v) is 6.88. The molecule has 1 N–H and O–H groups in total. The molecule has 0 bridgehead atoms. The number of hydrogen-bond donors (Lipinski definition) is 1. The van der Waals surface area contributed by atoms with Gasteiger partial charge in [-0.25, -0.2) is 0 Å². The molecule has 1 atom stereocenters. The minimum absolute atomic E-state index is 0.181. The summed E-state index contributed by atoms with van der Waals surface area (Å²) in [6, 6.07) is 0. The van der Waals surface area contributed by atoms with Crippen molar-refractivity contribution in [3.8, 4) is 0 Å². The van der Waals surface area contributed by atoms with Crippen LogP contribution in [0, 0.1) is 0 Å². The van der Waals surface area contributed by atoms with Gasteiger partial charge in [0.1, 0.15) is 6.10 Å². The molecule has 1 saturated heterocycles. The van der Waals surface area contributed by atoms with Gasteiger partial charge in [-0.1, -0.05) is 25.7 Å². The standard InChI is InChI=1S/C9H16O2/c10-9(8-7-11-8)5-3-1-2-4-6-9/h8,10H,1-7H2. The van der Waals surface area contributed by atoms with Gasteiger partial charge in [0.25, 0.3) is 0 Å². The SMILES string of the molecule is OC1(C2CO2)CCCCCC1. The van der Waals surface area contributed by atoms with Gasteiger partial charge in [0.15, 0.2) is 0 Å². The molecule has 0 aromatic rings. The summed E-state index contributed by atoms with van der Waals surface area (Å²) >= 11 is 0. The van der Waals surface area contributed by atoms with Crippen LogP contribution in [0.4, 0.5) is 0 Å². The molecule has 11 heavy (non-hydrogen) atoms. The third-order valence-electron chi connectivity index (χ3n) is 2.90. The average Bonchev–Trinajstić information content (AvgIpc) is 2.70. The van der Waals surface area contributed by atoms with Gasteiger partial charge in [0, 0.05) is 0 Å². The van der Waals surface area contributed by atoms with Crippen LogP contribution < -0.4 is 0 Å². The zero-order chi connectivity index (χ0) is 7.73. The molecule has 2 nitrogen and oxygen atoms in total. The second-order valence-corrected chi connectivity index (χ2v) is 3.84. The maximum absolute atomic E-state index is 10.1. The second-order valence-electron chi connectivity index (χ2n) is 3.84. The Morgan fingerprint density at radius 1 is 1.09 bits per heavy atom. The van der Waals surface area contributed by atoms with Crippen LogP contribution in [-0.2, 0) is 4.74 Å². The maximum Gasteiger partial charge on any atom is 0.110 e. The van der Waals surface area contributed by atoms with Crippen LogP contribution in [0.5, 0.6) is 0 Å². The molecule has 0 amide bonds. The van der Waals surface area contributed by atoms with Crippen LogP contribution >= 0.6 is 0 Å². The fourth-order valence-corrected chi connectivity index (χ4v) is 2.02. The number of ether oxygens (including phenoxy) is 1. The highest BCUT2D eigenvalue weighted by molar-refractivity contribution is 4.94. The first kappa shape index (κ1) is 7.56. The van der Waals surface area contributed by atoms with Gasteiger partial charge in [0.05, 0.1) is 12.2 Å². The van der Waals surface area contributed by atoms with E-state index in [1.807, 2.05) is 0 Å². The predicted octanol–water partition coefficient (Wildman–Crippen LogP) is 1.47. The molecule has 0 aromatic heterocycles. The van der Waals surface area contributed by atoms with Crippen molar-refractivity contribution in [3.63, 3.8) is 0 Å². The van der Waals surface area contributed by atoms with E-state index in [9.17, 15) is 5.11 Å². The predicted molar refractivity (Wildman–Crippen MR) is 42.4 cm³/mol. The summed E-state index contributed by atoms with van der Waals surface area (Å²) in [5.74, 6) is 0. The fraction of sp³-hybridized carbons (Fsp3) is 1.00. The Morgan fingerprint density at radius 2 is 1.64 bits per heavy atom. The molecule has 1 heterocycles. The second kappa shape index (κ2) is 2.76. The Bertz CT molecular complexity index is 132. The Kier molecular flexibility index (Phi) is 1.90. The molecule has 1 unspecified atom stereocenters. The quantitative estimate of drug-likeness (QED) is 0.460. The summed E-state index contributed by atoms with van der Waals surface area (Å²) in [5, 5.41) is 10.1. The van der Waals surface area contributed by atoms with E-state index in [-0.39, 0.29) is 6.10 Å². The summed E-state index contributed by atoms with van der Waals surface area (Å²) in [6.07, 6.45) is 7.02. The monoisotopic (exact) mass is 156 g/mol. The van der Waals surface area contributed by atoms with E-state index < -0.39 is 5.60 Å². The van der Waals surface area contributed by atoms with E-state index >= 15 is 0 Å². The molecule has 64 valence electrons. The van der Waals surface area contributed by atoms with E-state index in [1.54, 1.807) is 0 Å². The van der Waals surface area contributed by atoms with E-state index in [4.69, 9.17) is 4.74 Å². The van der Waals surface area contributed by atoms with Gasteiger partial charge >= 0.3 is 0 Å². The number of hydrogen-bond acceptors (Lipinski definition) is 2. The zero-order valence-electron chi connectivity index (χ0n) is 6.88. The van der Waals surface area contributed by atoms with E-state index in [0.717, 1.165) is 19.4 Å². The van der Waals surface area contributed by atoms with Gasteiger partial charge < -0.3 is 9.84 Å². The van der Waals surface area contributed by atoms with Gasteiger partial charge in [-0.15, -0.1) is 0 Å². The lowest BCUT2D eigenvalue weighted by molar-refractivity contribution is -0.00209. The lowest BCUT2D eigenvalue weighted by Gasteiger charge is -2.23. The van der Waals surface area contributed by atoms with E-state index in [0.29, 0.717) is 0 Å². The van der Waals surface area contributed by atoms with Crippen LogP contribution in [0.15, 0.2) is 0 Å². The number of aliphatic hydroxyl groups is 1. The maximum atomic E-state index is 10.1. The van der Waals surface area contributed by atoms with Crippen molar-refractivity contribution < 1.29 is 9.84 Å². The molecule has 1 aliphatic heterocycles. The van der Waals surface area contributed by atoms with Gasteiger partial charge in [-0.2, -0.15) is 0 Å². The van der Waals surface area contributed by atoms with Gasteiger partial charge in [-0.3, -0.25) is 0 Å². The van der Waals surface area contributed by atoms with Crippen LogP contribution in [0.2, 0.25) is 0 Å². The molecule has 0 aromatic carbocycles. The summed E-state index contributed by atoms with van der Waals surface area (Å²) in [6.45, 7) is 0.788. The highest BCUT2D eigenvalue weighted by atomic mass is 16.6. The van der Waals surface area contributed by atoms with Crippen molar-refractivity contribution in [2.24, 2.45) is 0 Å². The van der Waals surface area contributed by atoms with Crippen molar-refractivity contribution in [3.05, 3.63) is 0 Å². The lowest BCUT2D eigenvalue weighted by atomic mass is 9.91. The summed E-state index contributed by atoms with van der Waals surface area (Å²) in [7, 11) is 0. The van der Waals surface area contributed by atoms with E-state index in [2.05, 4.69) is 0 Å². The summed E-state index contributed by atoms with van der Waals surface area (Å²) < 4.78 is 5.16. The highest BCUT2D eigenvalue weighted by Crippen LogP contribution is 2.36. The van der Waals surface area contributed by atoms with Gasteiger partial charge in [-0.05, 0) is 12.8 Å². The first-order valence-corrected chi connectivity index (χ1v) is 4.65. The number of epoxide rings is 1. The van der Waals surface area contributed by atoms with E-state index in [1.165, 1.54) is 25.7 Å². The van der Waals surface area contributed by atoms with Crippen molar-refractivity contribution in [2.75, 3.05) is 6.61 Å². The number of rotatable bonds is 1. The highest BCUT2D eigenvalue weighted by Gasteiger charge is 2.44. The van der Waals surface area contributed by atoms with Crippen molar-refractivity contribution >= 4 is 0 Å². The Balaban J connectivity index is 1.96. The smallest absolute Gasteiger partial charge is 0.110 e. The first-order valence-electron chi connectivity index (χ1n) is 4.65. The Morgan fingerprint density at radius 3 is 2.09 bits per heavy atom. The van der Waals surface area contributed by atoms with Crippen LogP contribution in [0.3, 0.4) is 0 Å². The third-order valence-corrected chi connectivity index (χ3v) is 2.90. The van der Waals surface area contributed by atoms with Crippen LogP contribution in [0.1, 0.15) is 38.5 Å². The molecule has 1 aliphatic carbocycles. The molecule has 0 spiro atoms. The molecule has 2 rings (SSSR count). The average molecular weight is 156 g/mol. The molecule has 0 radical (unpaired) electrons. The van der Waals surface area contributed by atoms with Crippen LogP contribution in [0.25, 0.3) is 0 Å². The largest absolute Gasteiger partial charge is 0.387 e. The van der Waals surface area contributed by atoms with Crippen LogP contribution in [-0.4, -0.2) is 23.4 Å². The fourth-order valence-electron chi connectivity index (χ4n) is 2.02. The third kappa shape index (κ3) is 1.57. The molecular weight excluding hydrogens is 140 g/mol. The molecule has 2 aliphatic rings. The van der Waals surface area contributed by atoms with Crippen molar-refractivity contribution in [1.29, 1.82) is 0 Å². The van der Waals surface area contributed by atoms with Gasteiger partial charge in [0.2, 0.25) is 0 Å². The molecule has 2 heteroatoms. The Labute approximate surface area is 67.6 Å². The lowest BCUT2D eigenvalue weighted by Crippen LogP contribution is -2.34. The Hall–Kier alpha value is -0.0800. The minimum atomic E-state index is -0.448. The summed E-state index contributed by atoms with van der Waals surface area (Å²) in [5.41, 5.74) is -0.448. The minimum Gasteiger partial charge on any atom is -0.387 e. The summed E-state index contributed by atoms with van der Waals surface area (Å²) in [4.78, 5) is 0. The van der Waals surface area contributed by atoms with Crippen molar-refractivity contribution in [2.45, 2.75) is 50.2 Å². The molecule has 1 saturated carbocycles. The normalized spacial score (nSPS) is 36.3. The molecular formula is C9H16O2. The molecule has 2 fully saturated rings.